The second kappa shape index (κ2) is 8.30. The minimum Gasteiger partial charge on any atom is -0.493 e. The maximum Gasteiger partial charge on any atom is 0.253 e. The van der Waals surface area contributed by atoms with E-state index >= 15 is 0 Å². The predicted molar refractivity (Wildman–Crippen MR) is 120 cm³/mol. The van der Waals surface area contributed by atoms with Gasteiger partial charge in [0.15, 0.2) is 11.6 Å². The first kappa shape index (κ1) is 21.3. The Morgan fingerprint density at radius 1 is 1.23 bits per heavy atom. The van der Waals surface area contributed by atoms with Gasteiger partial charge in [0.25, 0.3) is 5.91 Å². The lowest BCUT2D eigenvalue weighted by Gasteiger charge is -2.36. The van der Waals surface area contributed by atoms with E-state index in [1.54, 1.807) is 24.1 Å². The fraction of sp³-hybridized carbons (Fsp3) is 0.458. The lowest BCUT2D eigenvalue weighted by atomic mass is 9.77. The van der Waals surface area contributed by atoms with E-state index in [0.717, 1.165) is 42.3 Å². The van der Waals surface area contributed by atoms with Crippen molar-refractivity contribution in [3.63, 3.8) is 0 Å². The van der Waals surface area contributed by atoms with Crippen molar-refractivity contribution in [2.24, 2.45) is 5.92 Å². The molecule has 31 heavy (non-hydrogen) atoms. The number of methoxy groups -OCH3 is 1. The van der Waals surface area contributed by atoms with Crippen molar-refractivity contribution >= 4 is 16.8 Å². The molecule has 1 saturated carbocycles. The number of hydrogen-bond acceptors (Lipinski definition) is 5. The van der Waals surface area contributed by atoms with E-state index in [1.807, 2.05) is 45.0 Å². The molecule has 1 aromatic carbocycles. The Morgan fingerprint density at radius 2 is 1.94 bits per heavy atom. The highest BCUT2D eigenvalue weighted by Crippen LogP contribution is 2.33. The molecule has 2 heterocycles. The molecule has 0 bridgehead atoms. The van der Waals surface area contributed by atoms with Gasteiger partial charge in [-0.25, -0.2) is 9.67 Å². The number of aryl methyl sites for hydroxylation is 1. The smallest absolute Gasteiger partial charge is 0.253 e. The maximum absolute atomic E-state index is 12.8. The van der Waals surface area contributed by atoms with Crippen LogP contribution in [0.1, 0.15) is 55.6 Å². The maximum atomic E-state index is 12.8. The second-order valence-corrected chi connectivity index (χ2v) is 8.94. The van der Waals surface area contributed by atoms with Crippen LogP contribution in [0.25, 0.3) is 16.7 Å². The molecule has 2 aromatic heterocycles. The van der Waals surface area contributed by atoms with E-state index < -0.39 is 5.60 Å². The van der Waals surface area contributed by atoms with E-state index in [9.17, 15) is 9.90 Å². The zero-order valence-electron chi connectivity index (χ0n) is 18.6. The van der Waals surface area contributed by atoms with Crippen LogP contribution < -0.4 is 10.1 Å². The van der Waals surface area contributed by atoms with E-state index in [0.29, 0.717) is 17.1 Å². The van der Waals surface area contributed by atoms with Crippen molar-refractivity contribution in [3.8, 4) is 11.6 Å². The van der Waals surface area contributed by atoms with Crippen LogP contribution in [0.15, 0.2) is 36.5 Å². The van der Waals surface area contributed by atoms with Crippen LogP contribution in [0.2, 0.25) is 0 Å². The Kier molecular flexibility index (Phi) is 5.71. The molecule has 164 valence electrons. The molecule has 1 aliphatic rings. The molecule has 0 spiro atoms. The summed E-state index contributed by atoms with van der Waals surface area (Å²) in [6, 6.07) is 9.77. The molecule has 7 nitrogen and oxygen atoms in total. The molecular formula is C24H30N4O3. The Balaban J connectivity index is 1.53. The van der Waals surface area contributed by atoms with Crippen LogP contribution in [0.5, 0.6) is 5.75 Å². The highest BCUT2D eigenvalue weighted by atomic mass is 16.5. The minimum atomic E-state index is -0.670. The molecule has 1 amide bonds. The molecule has 0 aliphatic heterocycles. The Hall–Kier alpha value is -2.93. The molecule has 0 saturated heterocycles. The third-order valence-electron chi connectivity index (χ3n) is 6.35. The van der Waals surface area contributed by atoms with Crippen LogP contribution in [0, 0.1) is 12.8 Å². The van der Waals surface area contributed by atoms with E-state index in [2.05, 4.69) is 15.4 Å². The van der Waals surface area contributed by atoms with Gasteiger partial charge < -0.3 is 15.2 Å². The number of para-hydroxylation sites is 1. The number of carbonyl (C=O) groups is 1. The number of nitrogens with zero attached hydrogens (tertiary/aromatic N) is 3. The number of nitrogens with one attached hydrogen (secondary N) is 1. The van der Waals surface area contributed by atoms with Crippen molar-refractivity contribution in [2.75, 3.05) is 7.11 Å². The quantitative estimate of drug-likeness (QED) is 0.653. The molecule has 7 heteroatoms. The van der Waals surface area contributed by atoms with Crippen LogP contribution in [0.3, 0.4) is 0 Å². The number of ether oxygens (including phenoxy) is 1. The second-order valence-electron chi connectivity index (χ2n) is 8.94. The summed E-state index contributed by atoms with van der Waals surface area (Å²) in [7, 11) is 1.57. The predicted octanol–water partition coefficient (Wildman–Crippen LogP) is 3.80. The number of rotatable bonds is 5. The SMILES string of the molecule is COc1cc(C(=O)NC2CCC(C(C)(C)O)CC2)cnc1-n1nc(C)c2ccccc21. The van der Waals surface area contributed by atoms with E-state index in [4.69, 9.17) is 4.74 Å². The number of hydrogen-bond donors (Lipinski definition) is 2. The third kappa shape index (κ3) is 4.28. The summed E-state index contributed by atoms with van der Waals surface area (Å²) in [6.45, 7) is 5.68. The summed E-state index contributed by atoms with van der Waals surface area (Å²) in [5, 5.41) is 19.0. The molecular weight excluding hydrogens is 392 g/mol. The number of fused-ring (bicyclic) bond motifs is 1. The van der Waals surface area contributed by atoms with Crippen LogP contribution in [0.4, 0.5) is 0 Å². The van der Waals surface area contributed by atoms with Crippen molar-refractivity contribution in [1.82, 2.24) is 20.1 Å². The lowest BCUT2D eigenvalue weighted by Crippen LogP contribution is -2.41. The summed E-state index contributed by atoms with van der Waals surface area (Å²) in [6.07, 6.45) is 5.10. The van der Waals surface area contributed by atoms with Crippen molar-refractivity contribution in [3.05, 3.63) is 47.8 Å². The highest BCUT2D eigenvalue weighted by Gasteiger charge is 2.32. The normalized spacial score (nSPS) is 19.4. The number of aromatic nitrogens is 3. The van der Waals surface area contributed by atoms with Crippen LogP contribution in [-0.2, 0) is 0 Å². The van der Waals surface area contributed by atoms with Gasteiger partial charge in [-0.3, -0.25) is 4.79 Å². The monoisotopic (exact) mass is 422 g/mol. The van der Waals surface area contributed by atoms with Crippen LogP contribution in [-0.4, -0.2) is 44.5 Å². The first-order valence-electron chi connectivity index (χ1n) is 10.8. The number of aliphatic hydroxyl groups is 1. The van der Waals surface area contributed by atoms with Gasteiger partial charge in [-0.2, -0.15) is 5.10 Å². The molecule has 1 fully saturated rings. The Morgan fingerprint density at radius 3 is 2.61 bits per heavy atom. The Labute approximate surface area is 182 Å². The topological polar surface area (TPSA) is 89.3 Å². The fourth-order valence-electron chi connectivity index (χ4n) is 4.47. The zero-order valence-corrected chi connectivity index (χ0v) is 18.6. The van der Waals surface area contributed by atoms with Crippen LogP contribution >= 0.6 is 0 Å². The largest absolute Gasteiger partial charge is 0.493 e. The fourth-order valence-corrected chi connectivity index (χ4v) is 4.47. The summed E-state index contributed by atoms with van der Waals surface area (Å²) in [5.74, 6) is 1.15. The lowest BCUT2D eigenvalue weighted by molar-refractivity contribution is -0.00257. The van der Waals surface area contributed by atoms with Gasteiger partial charge >= 0.3 is 0 Å². The van der Waals surface area contributed by atoms with Crippen molar-refractivity contribution < 1.29 is 14.6 Å². The summed E-state index contributed by atoms with van der Waals surface area (Å²) in [4.78, 5) is 17.4. The third-order valence-corrected chi connectivity index (χ3v) is 6.35. The molecule has 0 radical (unpaired) electrons. The summed E-state index contributed by atoms with van der Waals surface area (Å²) >= 11 is 0. The van der Waals surface area contributed by atoms with E-state index in [1.165, 1.54) is 0 Å². The first-order valence-corrected chi connectivity index (χ1v) is 10.8. The van der Waals surface area contributed by atoms with Gasteiger partial charge in [0.1, 0.15) is 0 Å². The number of amides is 1. The average molecular weight is 423 g/mol. The van der Waals surface area contributed by atoms with Gasteiger partial charge in [0.2, 0.25) is 0 Å². The molecule has 0 atom stereocenters. The number of pyridine rings is 1. The molecule has 2 N–H and O–H groups in total. The van der Waals surface area contributed by atoms with Gasteiger partial charge in [-0.1, -0.05) is 18.2 Å². The molecule has 1 aliphatic carbocycles. The summed E-state index contributed by atoms with van der Waals surface area (Å²) < 4.78 is 7.31. The standard InChI is InChI=1S/C24H30N4O3/c1-15-19-7-5-6-8-20(19)28(27-15)22-21(31-4)13-16(14-25-22)23(29)26-18-11-9-17(10-12-18)24(2,3)30/h5-8,13-14,17-18,30H,9-12H2,1-4H3,(H,26,29). The molecule has 0 unspecified atom stereocenters. The van der Waals surface area contributed by atoms with Gasteiger partial charge in [-0.05, 0) is 64.5 Å². The van der Waals surface area contributed by atoms with Crippen molar-refractivity contribution in [2.45, 2.75) is 58.1 Å². The minimum absolute atomic E-state index is 0.106. The van der Waals surface area contributed by atoms with E-state index in [-0.39, 0.29) is 17.9 Å². The molecule has 4 rings (SSSR count). The van der Waals surface area contributed by atoms with Gasteiger partial charge in [0.05, 0.1) is 29.5 Å². The first-order chi connectivity index (χ1) is 14.8. The summed E-state index contributed by atoms with van der Waals surface area (Å²) in [5.41, 5.74) is 1.63. The average Bonchev–Trinajstić information content (AvgIpc) is 3.09. The highest BCUT2D eigenvalue weighted by molar-refractivity contribution is 5.95. The Bertz CT molecular complexity index is 1090. The van der Waals surface area contributed by atoms with Gasteiger partial charge in [-0.15, -0.1) is 0 Å². The molecule has 3 aromatic rings. The van der Waals surface area contributed by atoms with Gasteiger partial charge in [0, 0.05) is 17.6 Å². The zero-order chi connectivity index (χ0) is 22.2. The number of benzene rings is 1. The number of carbonyl (C=O) groups excluding carboxylic acids is 1. The van der Waals surface area contributed by atoms with Crippen molar-refractivity contribution in [1.29, 1.82) is 0 Å².